The van der Waals surface area contributed by atoms with E-state index in [1.807, 2.05) is 5.38 Å². The summed E-state index contributed by atoms with van der Waals surface area (Å²) in [6.45, 7) is 0. The Hall–Kier alpha value is -1.73. The number of aromatic nitrogens is 3. The maximum atomic E-state index is 13.0. The molecule has 0 aliphatic heterocycles. The molecule has 4 rings (SSSR count). The van der Waals surface area contributed by atoms with Crippen molar-refractivity contribution in [3.8, 4) is 10.6 Å². The van der Waals surface area contributed by atoms with E-state index in [0.29, 0.717) is 16.9 Å². The highest BCUT2D eigenvalue weighted by atomic mass is 32.2. The number of thioether (sulfide) groups is 1. The Labute approximate surface area is 153 Å². The van der Waals surface area contributed by atoms with Crippen LogP contribution in [0.15, 0.2) is 39.3 Å². The van der Waals surface area contributed by atoms with Crippen LogP contribution in [0.25, 0.3) is 10.6 Å². The second kappa shape index (κ2) is 7.66. The summed E-state index contributed by atoms with van der Waals surface area (Å²) in [6, 6.07) is 6.41. The molecule has 4 nitrogen and oxygen atoms in total. The molecule has 25 heavy (non-hydrogen) atoms. The van der Waals surface area contributed by atoms with Crippen LogP contribution in [-0.2, 0) is 5.75 Å². The van der Waals surface area contributed by atoms with E-state index in [1.54, 1.807) is 23.5 Å². The van der Waals surface area contributed by atoms with Crippen LogP contribution in [0.4, 0.5) is 4.39 Å². The molecule has 0 atom stereocenters. The third-order valence-corrected chi connectivity index (χ3v) is 6.16. The van der Waals surface area contributed by atoms with Gasteiger partial charge in [-0.1, -0.05) is 31.0 Å². The number of benzene rings is 1. The molecule has 0 N–H and O–H groups in total. The van der Waals surface area contributed by atoms with E-state index in [0.717, 1.165) is 35.0 Å². The van der Waals surface area contributed by atoms with Crippen LogP contribution >= 0.6 is 23.1 Å². The molecule has 1 aliphatic rings. The lowest BCUT2D eigenvalue weighted by molar-refractivity contribution is 0.334. The molecule has 0 radical (unpaired) electrons. The second-order valence-electron chi connectivity index (χ2n) is 6.18. The van der Waals surface area contributed by atoms with E-state index in [9.17, 15) is 4.39 Å². The number of thiazole rings is 1. The summed E-state index contributed by atoms with van der Waals surface area (Å²) >= 11 is 3.07. The van der Waals surface area contributed by atoms with Gasteiger partial charge in [0.25, 0.3) is 5.22 Å². The molecule has 1 aromatic carbocycles. The van der Waals surface area contributed by atoms with Crippen LogP contribution in [0.2, 0.25) is 0 Å². The number of rotatable bonds is 5. The van der Waals surface area contributed by atoms with E-state index in [2.05, 4.69) is 15.2 Å². The number of halogens is 1. The molecule has 3 aromatic rings. The highest BCUT2D eigenvalue weighted by Crippen LogP contribution is 2.33. The van der Waals surface area contributed by atoms with Gasteiger partial charge in [0.2, 0.25) is 5.89 Å². The number of nitrogens with zero attached hydrogens (tertiary/aromatic N) is 3. The van der Waals surface area contributed by atoms with Gasteiger partial charge in [-0.15, -0.1) is 21.5 Å². The van der Waals surface area contributed by atoms with Crippen molar-refractivity contribution in [1.82, 2.24) is 15.2 Å². The molecule has 0 unspecified atom stereocenters. The van der Waals surface area contributed by atoms with E-state index in [1.165, 1.54) is 43.2 Å². The van der Waals surface area contributed by atoms with Gasteiger partial charge in [-0.2, -0.15) is 0 Å². The van der Waals surface area contributed by atoms with Gasteiger partial charge in [0.15, 0.2) is 0 Å². The van der Waals surface area contributed by atoms with E-state index in [4.69, 9.17) is 4.42 Å². The smallest absolute Gasteiger partial charge is 0.276 e. The monoisotopic (exact) mass is 375 g/mol. The zero-order chi connectivity index (χ0) is 17.1. The van der Waals surface area contributed by atoms with Gasteiger partial charge in [0.05, 0.1) is 5.69 Å². The van der Waals surface area contributed by atoms with Crippen LogP contribution in [-0.4, -0.2) is 15.2 Å². The van der Waals surface area contributed by atoms with Crippen molar-refractivity contribution in [2.24, 2.45) is 0 Å². The predicted molar refractivity (Wildman–Crippen MR) is 97.2 cm³/mol. The molecule has 0 spiro atoms. The normalized spacial score (nSPS) is 15.6. The van der Waals surface area contributed by atoms with Gasteiger partial charge in [-0.05, 0) is 37.1 Å². The van der Waals surface area contributed by atoms with Crippen molar-refractivity contribution in [1.29, 1.82) is 0 Å². The van der Waals surface area contributed by atoms with Gasteiger partial charge in [0, 0.05) is 22.6 Å². The quantitative estimate of drug-likeness (QED) is 0.538. The first kappa shape index (κ1) is 16.7. The highest BCUT2D eigenvalue weighted by molar-refractivity contribution is 7.98. The van der Waals surface area contributed by atoms with Crippen LogP contribution in [0, 0.1) is 5.82 Å². The summed E-state index contributed by atoms with van der Waals surface area (Å²) < 4.78 is 18.8. The molecule has 7 heteroatoms. The van der Waals surface area contributed by atoms with Crippen LogP contribution < -0.4 is 0 Å². The standard InChI is InChI=1S/C18H18FN3OS2/c19-14-8-6-13(7-9-14)17-20-15(10-24-17)11-25-18-22-21-16(23-18)12-4-2-1-3-5-12/h6-10,12H,1-5,11H2. The van der Waals surface area contributed by atoms with Crippen molar-refractivity contribution >= 4 is 23.1 Å². The third-order valence-electron chi connectivity index (χ3n) is 4.36. The summed E-state index contributed by atoms with van der Waals surface area (Å²) in [7, 11) is 0. The molecule has 1 saturated carbocycles. The first-order valence-corrected chi connectivity index (χ1v) is 10.3. The minimum atomic E-state index is -0.235. The van der Waals surface area contributed by atoms with Crippen molar-refractivity contribution < 1.29 is 8.81 Å². The average molecular weight is 375 g/mol. The Morgan fingerprint density at radius 1 is 1.12 bits per heavy atom. The Balaban J connectivity index is 1.37. The number of hydrogen-bond acceptors (Lipinski definition) is 6. The fourth-order valence-corrected chi connectivity index (χ4v) is 4.62. The van der Waals surface area contributed by atoms with Crippen LogP contribution in [0.3, 0.4) is 0 Å². The first-order chi connectivity index (χ1) is 12.3. The number of hydrogen-bond donors (Lipinski definition) is 0. The van der Waals surface area contributed by atoms with Gasteiger partial charge in [-0.25, -0.2) is 9.37 Å². The second-order valence-corrected chi connectivity index (χ2v) is 7.97. The molecular weight excluding hydrogens is 357 g/mol. The Morgan fingerprint density at radius 3 is 2.72 bits per heavy atom. The van der Waals surface area contributed by atoms with Crippen molar-refractivity contribution in [2.75, 3.05) is 0 Å². The van der Waals surface area contributed by atoms with Crippen molar-refractivity contribution in [3.05, 3.63) is 47.0 Å². The lowest BCUT2D eigenvalue weighted by atomic mass is 9.89. The van der Waals surface area contributed by atoms with E-state index >= 15 is 0 Å². The largest absolute Gasteiger partial charge is 0.416 e. The molecule has 2 heterocycles. The zero-order valence-electron chi connectivity index (χ0n) is 13.7. The molecule has 0 saturated heterocycles. The fourth-order valence-electron chi connectivity index (χ4n) is 3.03. The van der Waals surface area contributed by atoms with Crippen LogP contribution in [0.1, 0.15) is 49.6 Å². The lowest BCUT2D eigenvalue weighted by Crippen LogP contribution is -2.04. The lowest BCUT2D eigenvalue weighted by Gasteiger charge is -2.17. The topological polar surface area (TPSA) is 51.8 Å². The van der Waals surface area contributed by atoms with Crippen molar-refractivity contribution in [2.45, 2.75) is 49.0 Å². The Morgan fingerprint density at radius 2 is 1.92 bits per heavy atom. The summed E-state index contributed by atoms with van der Waals surface area (Å²) in [5, 5.41) is 11.9. The molecule has 1 fully saturated rings. The maximum Gasteiger partial charge on any atom is 0.276 e. The molecular formula is C18H18FN3OS2. The van der Waals surface area contributed by atoms with Gasteiger partial charge >= 0.3 is 0 Å². The Kier molecular flexibility index (Phi) is 5.12. The van der Waals surface area contributed by atoms with Gasteiger partial charge in [0.1, 0.15) is 10.8 Å². The minimum absolute atomic E-state index is 0.235. The molecule has 2 aromatic heterocycles. The molecule has 130 valence electrons. The predicted octanol–water partition coefficient (Wildman–Crippen LogP) is 5.67. The summed E-state index contributed by atoms with van der Waals surface area (Å²) in [6.07, 6.45) is 6.12. The molecule has 0 bridgehead atoms. The van der Waals surface area contributed by atoms with Crippen LogP contribution in [0.5, 0.6) is 0 Å². The first-order valence-electron chi connectivity index (χ1n) is 8.44. The maximum absolute atomic E-state index is 13.0. The fraction of sp³-hybridized carbons (Fsp3) is 0.389. The molecule has 1 aliphatic carbocycles. The summed E-state index contributed by atoms with van der Waals surface area (Å²) in [5.41, 5.74) is 1.90. The average Bonchev–Trinajstić information content (AvgIpc) is 3.31. The van der Waals surface area contributed by atoms with E-state index < -0.39 is 0 Å². The van der Waals surface area contributed by atoms with Gasteiger partial charge in [-0.3, -0.25) is 0 Å². The zero-order valence-corrected chi connectivity index (χ0v) is 15.3. The summed E-state index contributed by atoms with van der Waals surface area (Å²) in [5.74, 6) is 1.66. The highest BCUT2D eigenvalue weighted by Gasteiger charge is 2.21. The Bertz CT molecular complexity index is 825. The van der Waals surface area contributed by atoms with Gasteiger partial charge < -0.3 is 4.42 Å². The summed E-state index contributed by atoms with van der Waals surface area (Å²) in [4.78, 5) is 4.61. The van der Waals surface area contributed by atoms with E-state index in [-0.39, 0.29) is 5.82 Å². The molecule has 0 amide bonds. The third kappa shape index (κ3) is 4.10. The SMILES string of the molecule is Fc1ccc(-c2nc(CSc3nnc(C4CCCCC4)o3)cs2)cc1. The van der Waals surface area contributed by atoms with Crippen molar-refractivity contribution in [3.63, 3.8) is 0 Å². The minimum Gasteiger partial charge on any atom is -0.416 e.